The van der Waals surface area contributed by atoms with E-state index in [9.17, 15) is 0 Å². The summed E-state index contributed by atoms with van der Waals surface area (Å²) in [4.78, 5) is 10.1. The predicted octanol–water partition coefficient (Wildman–Crippen LogP) is 3.09. The van der Waals surface area contributed by atoms with Crippen LogP contribution in [-0.4, -0.2) is 57.2 Å². The number of aromatic nitrogens is 3. The Morgan fingerprint density at radius 1 is 1.08 bits per heavy atom. The van der Waals surface area contributed by atoms with E-state index in [1.807, 2.05) is 18.2 Å². The Morgan fingerprint density at radius 3 is 2.62 bits per heavy atom. The number of piperidine rings is 1. The normalized spacial score (nSPS) is 23.8. The van der Waals surface area contributed by atoms with Crippen LogP contribution < -0.4 is 0 Å². The molecule has 0 saturated carbocycles. The van der Waals surface area contributed by atoms with Crippen molar-refractivity contribution in [3.05, 3.63) is 36.2 Å². The largest absolute Gasteiger partial charge is 0.303 e. The molecule has 24 heavy (non-hydrogen) atoms. The Balaban J connectivity index is 1.48. The van der Waals surface area contributed by atoms with E-state index in [1.54, 1.807) is 0 Å². The van der Waals surface area contributed by atoms with Crippen molar-refractivity contribution in [3.63, 3.8) is 0 Å². The Labute approximate surface area is 144 Å². The summed E-state index contributed by atoms with van der Waals surface area (Å²) in [6.07, 6.45) is 5.02. The number of H-pyrrole nitrogens is 1. The summed E-state index contributed by atoms with van der Waals surface area (Å²) in [7, 11) is 0. The zero-order chi connectivity index (χ0) is 16.4. The smallest absolute Gasteiger partial charge is 0.181 e. The second-order valence-electron chi connectivity index (χ2n) is 6.97. The van der Waals surface area contributed by atoms with Gasteiger partial charge in [-0.05, 0) is 51.9 Å². The van der Waals surface area contributed by atoms with Crippen LogP contribution in [0.25, 0.3) is 11.4 Å². The average molecular weight is 325 g/mol. The Hall–Kier alpha value is -1.72. The van der Waals surface area contributed by atoms with Gasteiger partial charge < -0.3 is 4.90 Å². The Morgan fingerprint density at radius 2 is 1.88 bits per heavy atom. The molecule has 3 heterocycles. The molecule has 2 aliphatic heterocycles. The first kappa shape index (κ1) is 15.8. The van der Waals surface area contributed by atoms with Gasteiger partial charge in [0.1, 0.15) is 5.82 Å². The van der Waals surface area contributed by atoms with Crippen molar-refractivity contribution < 1.29 is 0 Å². The molecule has 2 fully saturated rings. The second-order valence-corrected chi connectivity index (χ2v) is 6.97. The van der Waals surface area contributed by atoms with Crippen LogP contribution in [0, 0.1) is 0 Å². The lowest BCUT2D eigenvalue weighted by Gasteiger charge is -2.38. The van der Waals surface area contributed by atoms with Crippen LogP contribution in [0.1, 0.15) is 44.5 Å². The number of hydrogen-bond acceptors (Lipinski definition) is 4. The maximum Gasteiger partial charge on any atom is 0.181 e. The number of nitrogens with one attached hydrogen (secondary N) is 1. The molecule has 1 N–H and O–H groups in total. The van der Waals surface area contributed by atoms with Gasteiger partial charge in [0.15, 0.2) is 5.82 Å². The zero-order valence-corrected chi connectivity index (χ0v) is 14.5. The molecule has 0 aliphatic carbocycles. The highest BCUT2D eigenvalue weighted by Gasteiger charge is 2.35. The average Bonchev–Trinajstić information content (AvgIpc) is 3.32. The van der Waals surface area contributed by atoms with Crippen LogP contribution in [0.15, 0.2) is 30.3 Å². The van der Waals surface area contributed by atoms with Gasteiger partial charge in [-0.25, -0.2) is 4.98 Å². The van der Waals surface area contributed by atoms with Gasteiger partial charge in [0.2, 0.25) is 0 Å². The third kappa shape index (κ3) is 3.10. The minimum absolute atomic E-state index is 0.410. The second kappa shape index (κ2) is 7.03. The third-order valence-corrected chi connectivity index (χ3v) is 5.62. The number of likely N-dealkylation sites (tertiary alicyclic amines) is 2. The van der Waals surface area contributed by atoms with Gasteiger partial charge in [-0.15, -0.1) is 0 Å². The summed E-state index contributed by atoms with van der Waals surface area (Å²) in [5.41, 5.74) is 1.08. The molecule has 1 aromatic heterocycles. The van der Waals surface area contributed by atoms with E-state index in [0.717, 1.165) is 17.2 Å². The highest BCUT2D eigenvalue weighted by atomic mass is 15.3. The molecule has 1 atom stereocenters. The highest BCUT2D eigenvalue weighted by Crippen LogP contribution is 2.35. The molecule has 2 aromatic rings. The van der Waals surface area contributed by atoms with Crippen molar-refractivity contribution in [1.82, 2.24) is 25.0 Å². The molecule has 0 unspecified atom stereocenters. The molecule has 2 saturated heterocycles. The first-order valence-corrected chi connectivity index (χ1v) is 9.31. The van der Waals surface area contributed by atoms with E-state index >= 15 is 0 Å². The number of aromatic amines is 1. The third-order valence-electron chi connectivity index (χ3n) is 5.62. The minimum atomic E-state index is 0.410. The van der Waals surface area contributed by atoms with Crippen molar-refractivity contribution in [2.45, 2.75) is 44.7 Å². The van der Waals surface area contributed by atoms with Crippen molar-refractivity contribution in [2.24, 2.45) is 0 Å². The highest BCUT2D eigenvalue weighted by molar-refractivity contribution is 5.53. The summed E-state index contributed by atoms with van der Waals surface area (Å²) in [5.74, 6) is 1.86. The Kier molecular flexibility index (Phi) is 4.63. The molecular formula is C19H27N5. The molecule has 5 nitrogen and oxygen atoms in total. The maximum atomic E-state index is 4.82. The van der Waals surface area contributed by atoms with E-state index in [-0.39, 0.29) is 0 Å². The molecular weight excluding hydrogens is 298 g/mol. The van der Waals surface area contributed by atoms with Crippen molar-refractivity contribution in [3.8, 4) is 11.4 Å². The fourth-order valence-electron chi connectivity index (χ4n) is 4.23. The Bertz CT molecular complexity index is 645. The SMILES string of the molecule is CCN1CCC(N2CCC[C@H]2c2nc(-c3ccccc3)n[nH]2)CC1. The van der Waals surface area contributed by atoms with Gasteiger partial charge in [-0.1, -0.05) is 37.3 Å². The van der Waals surface area contributed by atoms with Gasteiger partial charge in [-0.2, -0.15) is 5.10 Å². The molecule has 128 valence electrons. The quantitative estimate of drug-likeness (QED) is 0.938. The van der Waals surface area contributed by atoms with E-state index < -0.39 is 0 Å². The summed E-state index contributed by atoms with van der Waals surface area (Å²) >= 11 is 0. The minimum Gasteiger partial charge on any atom is -0.303 e. The van der Waals surface area contributed by atoms with Gasteiger partial charge >= 0.3 is 0 Å². The monoisotopic (exact) mass is 325 g/mol. The number of nitrogens with zero attached hydrogens (tertiary/aromatic N) is 4. The first-order valence-electron chi connectivity index (χ1n) is 9.31. The van der Waals surface area contributed by atoms with Crippen molar-refractivity contribution >= 4 is 0 Å². The van der Waals surface area contributed by atoms with Crippen LogP contribution in [0.3, 0.4) is 0 Å². The molecule has 2 aliphatic rings. The molecule has 0 spiro atoms. The van der Waals surface area contributed by atoms with Crippen LogP contribution in [0.2, 0.25) is 0 Å². The van der Waals surface area contributed by atoms with Crippen LogP contribution >= 0.6 is 0 Å². The number of hydrogen-bond donors (Lipinski definition) is 1. The summed E-state index contributed by atoms with van der Waals surface area (Å²) in [5, 5.41) is 7.69. The standard InChI is InChI=1S/C19H27N5/c1-2-23-13-10-16(11-14-23)24-12-6-9-17(24)19-20-18(21-22-19)15-7-4-3-5-8-15/h3-5,7-8,16-17H,2,6,9-14H2,1H3,(H,20,21,22)/t17-/m0/s1. The number of rotatable bonds is 4. The lowest BCUT2D eigenvalue weighted by atomic mass is 10.0. The number of benzene rings is 1. The molecule has 0 radical (unpaired) electrons. The van der Waals surface area contributed by atoms with Gasteiger partial charge in [0.05, 0.1) is 6.04 Å². The van der Waals surface area contributed by atoms with E-state index in [1.165, 1.54) is 51.9 Å². The van der Waals surface area contributed by atoms with E-state index in [4.69, 9.17) is 4.98 Å². The molecule has 0 amide bonds. The molecule has 0 bridgehead atoms. The molecule has 5 heteroatoms. The molecule has 1 aromatic carbocycles. The fraction of sp³-hybridized carbons (Fsp3) is 0.579. The topological polar surface area (TPSA) is 48.1 Å². The van der Waals surface area contributed by atoms with Crippen LogP contribution in [0.5, 0.6) is 0 Å². The summed E-state index contributed by atoms with van der Waals surface area (Å²) in [6.45, 7) is 7.10. The molecule has 4 rings (SSSR count). The zero-order valence-electron chi connectivity index (χ0n) is 14.5. The van der Waals surface area contributed by atoms with Crippen molar-refractivity contribution in [2.75, 3.05) is 26.2 Å². The van der Waals surface area contributed by atoms with E-state index in [2.05, 4.69) is 39.1 Å². The van der Waals surface area contributed by atoms with Gasteiger partial charge in [0, 0.05) is 11.6 Å². The van der Waals surface area contributed by atoms with Crippen LogP contribution in [0.4, 0.5) is 0 Å². The fourth-order valence-corrected chi connectivity index (χ4v) is 4.23. The van der Waals surface area contributed by atoms with Gasteiger partial charge in [-0.3, -0.25) is 10.00 Å². The summed E-state index contributed by atoms with van der Waals surface area (Å²) < 4.78 is 0. The lowest BCUT2D eigenvalue weighted by molar-refractivity contribution is 0.0985. The lowest BCUT2D eigenvalue weighted by Crippen LogP contribution is -2.44. The summed E-state index contributed by atoms with van der Waals surface area (Å²) in [6, 6.07) is 11.3. The maximum absolute atomic E-state index is 4.82. The van der Waals surface area contributed by atoms with Crippen LogP contribution in [-0.2, 0) is 0 Å². The first-order chi connectivity index (χ1) is 11.8. The predicted molar refractivity (Wildman–Crippen MR) is 95.6 cm³/mol. The van der Waals surface area contributed by atoms with Crippen molar-refractivity contribution in [1.29, 1.82) is 0 Å². The van der Waals surface area contributed by atoms with Gasteiger partial charge in [0.25, 0.3) is 0 Å². The van der Waals surface area contributed by atoms with E-state index in [0.29, 0.717) is 12.1 Å².